The first-order valence-corrected chi connectivity index (χ1v) is 7.17. The average Bonchev–Trinajstić information content (AvgIpc) is 2.48. The highest BCUT2D eigenvalue weighted by Gasteiger charge is 2.11. The van der Waals surface area contributed by atoms with Crippen molar-refractivity contribution >= 4 is 15.9 Å². The second kappa shape index (κ2) is 6.59. The number of nitriles is 1. The third-order valence-corrected chi connectivity index (χ3v) is 3.67. The Hall–Kier alpha value is -2.06. The van der Waals surface area contributed by atoms with Gasteiger partial charge < -0.3 is 9.47 Å². The number of hydrogen-bond acceptors (Lipinski definition) is 4. The minimum Gasteiger partial charge on any atom is -0.496 e. The van der Waals surface area contributed by atoms with E-state index in [0.717, 1.165) is 27.0 Å². The fourth-order valence-electron chi connectivity index (χ4n) is 2.08. The van der Waals surface area contributed by atoms with Crippen LogP contribution in [-0.2, 0) is 6.61 Å². The highest BCUT2D eigenvalue weighted by Crippen LogP contribution is 2.26. The van der Waals surface area contributed by atoms with Crippen molar-refractivity contribution in [3.05, 3.63) is 51.3 Å². The van der Waals surface area contributed by atoms with E-state index in [2.05, 4.69) is 27.0 Å². The number of methoxy groups -OCH3 is 1. The highest BCUT2D eigenvalue weighted by molar-refractivity contribution is 9.10. The molecule has 1 aromatic carbocycles. The molecule has 4 nitrogen and oxygen atoms in total. The molecule has 2 rings (SSSR count). The van der Waals surface area contributed by atoms with Crippen molar-refractivity contribution in [1.29, 1.82) is 5.26 Å². The molecule has 0 N–H and O–H groups in total. The first-order valence-electron chi connectivity index (χ1n) is 6.38. The Balaban J connectivity index is 2.23. The Morgan fingerprint density at radius 3 is 2.76 bits per heavy atom. The SMILES string of the molecule is COc1c(C)cnc(COc2ccc(Br)cc2C#N)c1C. The molecule has 0 bridgehead atoms. The van der Waals surface area contributed by atoms with Gasteiger partial charge in [-0.3, -0.25) is 4.98 Å². The van der Waals surface area contributed by atoms with Gasteiger partial charge in [0, 0.05) is 21.8 Å². The summed E-state index contributed by atoms with van der Waals surface area (Å²) in [7, 11) is 1.64. The van der Waals surface area contributed by atoms with E-state index in [1.807, 2.05) is 19.9 Å². The monoisotopic (exact) mass is 346 g/mol. The summed E-state index contributed by atoms with van der Waals surface area (Å²) in [6.45, 7) is 4.19. The first-order chi connectivity index (χ1) is 10.1. The van der Waals surface area contributed by atoms with Crippen molar-refractivity contribution in [2.24, 2.45) is 0 Å². The lowest BCUT2D eigenvalue weighted by Crippen LogP contribution is -2.04. The summed E-state index contributed by atoms with van der Waals surface area (Å²) in [6.07, 6.45) is 1.76. The van der Waals surface area contributed by atoms with Crippen molar-refractivity contribution in [2.75, 3.05) is 7.11 Å². The maximum Gasteiger partial charge on any atom is 0.137 e. The highest BCUT2D eigenvalue weighted by atomic mass is 79.9. The van der Waals surface area contributed by atoms with E-state index < -0.39 is 0 Å². The molecule has 0 saturated heterocycles. The summed E-state index contributed by atoms with van der Waals surface area (Å²) >= 11 is 3.34. The first kappa shape index (κ1) is 15.3. The third-order valence-electron chi connectivity index (χ3n) is 3.18. The van der Waals surface area contributed by atoms with Crippen LogP contribution in [-0.4, -0.2) is 12.1 Å². The Labute approximate surface area is 132 Å². The number of nitrogens with zero attached hydrogens (tertiary/aromatic N) is 2. The summed E-state index contributed by atoms with van der Waals surface area (Å²) in [5.41, 5.74) is 3.22. The lowest BCUT2D eigenvalue weighted by atomic mass is 10.1. The smallest absolute Gasteiger partial charge is 0.137 e. The van der Waals surface area contributed by atoms with Gasteiger partial charge in [-0.1, -0.05) is 15.9 Å². The van der Waals surface area contributed by atoms with Crippen LogP contribution in [0.5, 0.6) is 11.5 Å². The molecule has 0 aliphatic heterocycles. The molecule has 0 atom stereocenters. The fraction of sp³-hybridized carbons (Fsp3) is 0.250. The van der Waals surface area contributed by atoms with Crippen molar-refractivity contribution in [3.8, 4) is 17.6 Å². The molecular formula is C16H15BrN2O2. The van der Waals surface area contributed by atoms with Crippen LogP contribution in [0.2, 0.25) is 0 Å². The number of halogens is 1. The summed E-state index contributed by atoms with van der Waals surface area (Å²) in [5, 5.41) is 9.13. The van der Waals surface area contributed by atoms with Gasteiger partial charge in [-0.25, -0.2) is 0 Å². The van der Waals surface area contributed by atoms with Gasteiger partial charge in [0.1, 0.15) is 24.2 Å². The van der Waals surface area contributed by atoms with Gasteiger partial charge in [0.05, 0.1) is 18.4 Å². The Kier molecular flexibility index (Phi) is 4.81. The minimum atomic E-state index is 0.290. The number of hydrogen-bond donors (Lipinski definition) is 0. The maximum absolute atomic E-state index is 9.13. The van der Waals surface area contributed by atoms with Crippen LogP contribution in [0.25, 0.3) is 0 Å². The van der Waals surface area contributed by atoms with Crippen LogP contribution in [0.4, 0.5) is 0 Å². The van der Waals surface area contributed by atoms with Crippen LogP contribution >= 0.6 is 15.9 Å². The maximum atomic E-state index is 9.13. The Bertz CT molecular complexity index is 708. The lowest BCUT2D eigenvalue weighted by molar-refractivity contribution is 0.298. The fourth-order valence-corrected chi connectivity index (χ4v) is 2.44. The van der Waals surface area contributed by atoms with Crippen LogP contribution in [0.1, 0.15) is 22.4 Å². The predicted octanol–water partition coefficient (Wildman–Crippen LogP) is 3.92. The quantitative estimate of drug-likeness (QED) is 0.841. The van der Waals surface area contributed by atoms with Gasteiger partial charge in [0.15, 0.2) is 0 Å². The number of ether oxygens (including phenoxy) is 2. The molecule has 0 aliphatic rings. The minimum absolute atomic E-state index is 0.290. The van der Waals surface area contributed by atoms with E-state index in [9.17, 15) is 0 Å². The zero-order chi connectivity index (χ0) is 15.4. The second-order valence-electron chi connectivity index (χ2n) is 4.59. The molecule has 21 heavy (non-hydrogen) atoms. The standard InChI is InChI=1S/C16H15BrN2O2/c1-10-8-19-14(11(2)16(10)20-3)9-21-15-5-4-13(17)6-12(15)7-18/h4-6,8H,9H2,1-3H3. The molecule has 0 amide bonds. The lowest BCUT2D eigenvalue weighted by Gasteiger charge is -2.13. The van der Waals surface area contributed by atoms with Gasteiger partial charge in [-0.2, -0.15) is 5.26 Å². The van der Waals surface area contributed by atoms with Crippen LogP contribution in [0.3, 0.4) is 0 Å². The molecule has 1 aromatic heterocycles. The molecule has 0 radical (unpaired) electrons. The molecule has 108 valence electrons. The van der Waals surface area contributed by atoms with Crippen LogP contribution in [0.15, 0.2) is 28.9 Å². The number of rotatable bonds is 4. The van der Waals surface area contributed by atoms with Gasteiger partial charge in [-0.05, 0) is 32.0 Å². The zero-order valence-electron chi connectivity index (χ0n) is 12.1. The number of aromatic nitrogens is 1. The molecular weight excluding hydrogens is 332 g/mol. The molecule has 0 unspecified atom stereocenters. The van der Waals surface area contributed by atoms with Crippen molar-refractivity contribution in [2.45, 2.75) is 20.5 Å². The summed E-state index contributed by atoms with van der Waals surface area (Å²) in [6, 6.07) is 7.45. The van der Waals surface area contributed by atoms with Gasteiger partial charge >= 0.3 is 0 Å². The van der Waals surface area contributed by atoms with Gasteiger partial charge in [-0.15, -0.1) is 0 Å². The van der Waals surface area contributed by atoms with Gasteiger partial charge in [0.2, 0.25) is 0 Å². The third kappa shape index (κ3) is 3.34. The molecule has 0 fully saturated rings. The summed E-state index contributed by atoms with van der Waals surface area (Å²) in [4.78, 5) is 4.38. The average molecular weight is 347 g/mol. The normalized spacial score (nSPS) is 10.0. The second-order valence-corrected chi connectivity index (χ2v) is 5.50. The Morgan fingerprint density at radius 2 is 2.10 bits per heavy atom. The van der Waals surface area contributed by atoms with E-state index in [1.54, 1.807) is 25.4 Å². The van der Waals surface area contributed by atoms with Crippen molar-refractivity contribution in [3.63, 3.8) is 0 Å². The Morgan fingerprint density at radius 1 is 1.33 bits per heavy atom. The largest absolute Gasteiger partial charge is 0.496 e. The summed E-state index contributed by atoms with van der Waals surface area (Å²) in [5.74, 6) is 1.36. The van der Waals surface area contributed by atoms with E-state index >= 15 is 0 Å². The van der Waals surface area contributed by atoms with Crippen LogP contribution in [0, 0.1) is 25.2 Å². The number of benzene rings is 1. The topological polar surface area (TPSA) is 55.1 Å². The molecule has 0 saturated carbocycles. The molecule has 0 aliphatic carbocycles. The van der Waals surface area contributed by atoms with Crippen molar-refractivity contribution in [1.82, 2.24) is 4.98 Å². The zero-order valence-corrected chi connectivity index (χ0v) is 13.7. The molecule has 5 heteroatoms. The molecule has 2 aromatic rings. The van der Waals surface area contributed by atoms with Crippen molar-refractivity contribution < 1.29 is 9.47 Å². The number of pyridine rings is 1. The summed E-state index contributed by atoms with van der Waals surface area (Å²) < 4.78 is 11.9. The molecule has 0 spiro atoms. The van der Waals surface area contributed by atoms with E-state index in [1.165, 1.54) is 0 Å². The van der Waals surface area contributed by atoms with Gasteiger partial charge in [0.25, 0.3) is 0 Å². The number of aryl methyl sites for hydroxylation is 1. The molecule has 1 heterocycles. The van der Waals surface area contributed by atoms with E-state index in [4.69, 9.17) is 14.7 Å². The van der Waals surface area contributed by atoms with E-state index in [0.29, 0.717) is 17.9 Å². The van der Waals surface area contributed by atoms with Crippen LogP contribution < -0.4 is 9.47 Å². The van der Waals surface area contributed by atoms with E-state index in [-0.39, 0.29) is 0 Å². The predicted molar refractivity (Wildman–Crippen MR) is 83.5 cm³/mol.